The SMILES string of the molecule is Cc1ccc2c(c1C)CC(C)C2Br. The number of aryl methyl sites for hydroxylation is 1. The average Bonchev–Trinajstić information content (AvgIpc) is 2.38. The van der Waals surface area contributed by atoms with E-state index in [0.717, 1.165) is 5.92 Å². The molecule has 1 aliphatic carbocycles. The lowest BCUT2D eigenvalue weighted by atomic mass is 10.00. The van der Waals surface area contributed by atoms with Crippen molar-refractivity contribution < 1.29 is 0 Å². The highest BCUT2D eigenvalue weighted by Crippen LogP contribution is 2.43. The van der Waals surface area contributed by atoms with E-state index in [-0.39, 0.29) is 0 Å². The first-order valence-corrected chi connectivity index (χ1v) is 5.76. The second-order valence-electron chi connectivity index (χ2n) is 4.16. The van der Waals surface area contributed by atoms with Gasteiger partial charge in [0.25, 0.3) is 0 Å². The summed E-state index contributed by atoms with van der Waals surface area (Å²) in [5.41, 5.74) is 6.00. The lowest BCUT2D eigenvalue weighted by Crippen LogP contribution is -1.93. The summed E-state index contributed by atoms with van der Waals surface area (Å²) in [6.07, 6.45) is 1.23. The molecule has 0 nitrogen and oxygen atoms in total. The van der Waals surface area contributed by atoms with Crippen LogP contribution >= 0.6 is 15.9 Å². The molecular formula is C12H15Br. The van der Waals surface area contributed by atoms with E-state index in [2.05, 4.69) is 48.8 Å². The smallest absolute Gasteiger partial charge is 0.0426 e. The average molecular weight is 239 g/mol. The molecule has 2 unspecified atom stereocenters. The fourth-order valence-electron chi connectivity index (χ4n) is 2.16. The molecule has 0 radical (unpaired) electrons. The summed E-state index contributed by atoms with van der Waals surface area (Å²) in [5.74, 6) is 0.746. The van der Waals surface area contributed by atoms with Gasteiger partial charge in [-0.25, -0.2) is 0 Å². The largest absolute Gasteiger partial charge is 0.0836 e. The Kier molecular flexibility index (Phi) is 2.23. The number of fused-ring (bicyclic) bond motifs is 1. The topological polar surface area (TPSA) is 0 Å². The van der Waals surface area contributed by atoms with Gasteiger partial charge in [0.05, 0.1) is 0 Å². The first-order chi connectivity index (χ1) is 6.11. The molecule has 0 saturated heterocycles. The molecule has 0 aliphatic heterocycles. The number of benzene rings is 1. The summed E-state index contributed by atoms with van der Waals surface area (Å²) in [7, 11) is 0. The molecule has 0 spiro atoms. The number of hydrogen-bond acceptors (Lipinski definition) is 0. The van der Waals surface area contributed by atoms with E-state index >= 15 is 0 Å². The van der Waals surface area contributed by atoms with Crippen LogP contribution in [-0.4, -0.2) is 0 Å². The highest BCUT2D eigenvalue weighted by Gasteiger charge is 2.28. The predicted molar refractivity (Wildman–Crippen MR) is 60.5 cm³/mol. The molecule has 2 atom stereocenters. The number of alkyl halides is 1. The molecule has 1 heteroatoms. The van der Waals surface area contributed by atoms with E-state index in [1.165, 1.54) is 23.1 Å². The van der Waals surface area contributed by atoms with Crippen molar-refractivity contribution in [2.75, 3.05) is 0 Å². The summed E-state index contributed by atoms with van der Waals surface area (Å²) < 4.78 is 0. The van der Waals surface area contributed by atoms with Crippen molar-refractivity contribution in [2.45, 2.75) is 32.0 Å². The zero-order chi connectivity index (χ0) is 9.59. The van der Waals surface area contributed by atoms with Gasteiger partial charge >= 0.3 is 0 Å². The highest BCUT2D eigenvalue weighted by atomic mass is 79.9. The Morgan fingerprint density at radius 3 is 2.69 bits per heavy atom. The lowest BCUT2D eigenvalue weighted by Gasteiger charge is -2.08. The minimum atomic E-state index is 0.571. The maximum absolute atomic E-state index is 3.76. The van der Waals surface area contributed by atoms with E-state index < -0.39 is 0 Å². The molecule has 13 heavy (non-hydrogen) atoms. The van der Waals surface area contributed by atoms with Crippen LogP contribution in [-0.2, 0) is 6.42 Å². The van der Waals surface area contributed by atoms with Crippen molar-refractivity contribution in [1.29, 1.82) is 0 Å². The summed E-state index contributed by atoms with van der Waals surface area (Å²) in [5, 5.41) is 0. The first-order valence-electron chi connectivity index (χ1n) is 4.84. The second-order valence-corrected chi connectivity index (χ2v) is 5.14. The molecule has 0 heterocycles. The Hall–Kier alpha value is -0.300. The maximum atomic E-state index is 3.76. The standard InChI is InChI=1S/C12H15Br/c1-7-4-5-10-11(9(7)3)6-8(2)12(10)13/h4-5,8,12H,6H2,1-3H3. The molecule has 1 aliphatic rings. The zero-order valence-corrected chi connectivity index (χ0v) is 9.98. The Balaban J connectivity index is 2.57. The van der Waals surface area contributed by atoms with Crippen LogP contribution in [0, 0.1) is 19.8 Å². The minimum Gasteiger partial charge on any atom is -0.0836 e. The zero-order valence-electron chi connectivity index (χ0n) is 8.39. The fraction of sp³-hybridized carbons (Fsp3) is 0.500. The van der Waals surface area contributed by atoms with Crippen molar-refractivity contribution in [1.82, 2.24) is 0 Å². The number of halogens is 1. The Morgan fingerprint density at radius 2 is 2.00 bits per heavy atom. The van der Waals surface area contributed by atoms with Crippen LogP contribution in [0.3, 0.4) is 0 Å². The molecule has 1 aromatic carbocycles. The van der Waals surface area contributed by atoms with E-state index in [0.29, 0.717) is 4.83 Å². The predicted octanol–water partition coefficient (Wildman–Crippen LogP) is 3.93. The quantitative estimate of drug-likeness (QED) is 0.602. The van der Waals surface area contributed by atoms with Gasteiger partial charge in [0.15, 0.2) is 0 Å². The molecule has 70 valence electrons. The van der Waals surface area contributed by atoms with Crippen molar-refractivity contribution in [2.24, 2.45) is 5.92 Å². The fourth-order valence-corrected chi connectivity index (χ4v) is 2.77. The van der Waals surface area contributed by atoms with E-state index in [9.17, 15) is 0 Å². The van der Waals surface area contributed by atoms with Crippen LogP contribution in [0.5, 0.6) is 0 Å². The third kappa shape index (κ3) is 1.34. The van der Waals surface area contributed by atoms with Gasteiger partial charge in [-0.3, -0.25) is 0 Å². The minimum absolute atomic E-state index is 0.571. The van der Waals surface area contributed by atoms with Gasteiger partial charge in [0.1, 0.15) is 0 Å². The maximum Gasteiger partial charge on any atom is 0.0426 e. The molecule has 1 aromatic rings. The highest BCUT2D eigenvalue weighted by molar-refractivity contribution is 9.09. The molecule has 0 saturated carbocycles. The van der Waals surface area contributed by atoms with Gasteiger partial charge in [-0.1, -0.05) is 35.0 Å². The van der Waals surface area contributed by atoms with Crippen LogP contribution in [0.2, 0.25) is 0 Å². The van der Waals surface area contributed by atoms with Crippen molar-refractivity contribution >= 4 is 15.9 Å². The third-order valence-electron chi connectivity index (χ3n) is 3.23. The van der Waals surface area contributed by atoms with Gasteiger partial charge in [-0.05, 0) is 48.4 Å². The second kappa shape index (κ2) is 3.13. The van der Waals surface area contributed by atoms with Crippen molar-refractivity contribution in [3.05, 3.63) is 34.4 Å². The first kappa shape index (κ1) is 9.26. The van der Waals surface area contributed by atoms with Crippen LogP contribution < -0.4 is 0 Å². The van der Waals surface area contributed by atoms with Crippen molar-refractivity contribution in [3.63, 3.8) is 0 Å². The van der Waals surface area contributed by atoms with Crippen LogP contribution in [0.25, 0.3) is 0 Å². The van der Waals surface area contributed by atoms with Gasteiger partial charge in [-0.15, -0.1) is 0 Å². The normalized spacial score (nSPS) is 26.2. The third-order valence-corrected chi connectivity index (χ3v) is 4.62. The Labute approximate surface area is 88.5 Å². The summed E-state index contributed by atoms with van der Waals surface area (Å²) in [6, 6.07) is 4.51. The number of hydrogen-bond donors (Lipinski definition) is 0. The molecule has 2 rings (SSSR count). The monoisotopic (exact) mass is 238 g/mol. The lowest BCUT2D eigenvalue weighted by molar-refractivity contribution is 0.622. The molecule has 0 aromatic heterocycles. The molecule has 0 N–H and O–H groups in total. The molecular weight excluding hydrogens is 224 g/mol. The Bertz CT molecular complexity index is 341. The van der Waals surface area contributed by atoms with Gasteiger partial charge in [0.2, 0.25) is 0 Å². The van der Waals surface area contributed by atoms with Gasteiger partial charge in [-0.2, -0.15) is 0 Å². The van der Waals surface area contributed by atoms with E-state index in [4.69, 9.17) is 0 Å². The van der Waals surface area contributed by atoms with Crippen LogP contribution in [0.15, 0.2) is 12.1 Å². The van der Waals surface area contributed by atoms with Gasteiger partial charge in [0, 0.05) is 4.83 Å². The van der Waals surface area contributed by atoms with Crippen molar-refractivity contribution in [3.8, 4) is 0 Å². The Morgan fingerprint density at radius 1 is 1.31 bits per heavy atom. The molecule has 0 fully saturated rings. The van der Waals surface area contributed by atoms with Crippen LogP contribution in [0.4, 0.5) is 0 Å². The molecule has 0 amide bonds. The molecule has 0 bridgehead atoms. The summed E-state index contributed by atoms with van der Waals surface area (Å²) in [6.45, 7) is 6.75. The van der Waals surface area contributed by atoms with Gasteiger partial charge < -0.3 is 0 Å². The van der Waals surface area contributed by atoms with E-state index in [1.54, 1.807) is 5.56 Å². The summed E-state index contributed by atoms with van der Waals surface area (Å²) >= 11 is 3.76. The summed E-state index contributed by atoms with van der Waals surface area (Å²) in [4.78, 5) is 0.571. The van der Waals surface area contributed by atoms with E-state index in [1.807, 2.05) is 0 Å². The van der Waals surface area contributed by atoms with Crippen LogP contribution in [0.1, 0.15) is 34.0 Å². The number of rotatable bonds is 0.